The molecule has 0 spiro atoms. The van der Waals surface area contributed by atoms with Crippen molar-refractivity contribution in [1.29, 1.82) is 0 Å². The molecule has 1 saturated heterocycles. The summed E-state index contributed by atoms with van der Waals surface area (Å²) in [6.07, 6.45) is 5.20. The van der Waals surface area contributed by atoms with Crippen LogP contribution in [0.25, 0.3) is 17.1 Å². The van der Waals surface area contributed by atoms with Gasteiger partial charge in [0.25, 0.3) is 5.56 Å². The number of nitrogens with zero attached hydrogens (tertiary/aromatic N) is 5. The number of aromatic nitrogens is 4. The number of carbonyl (C=O) groups is 1. The summed E-state index contributed by atoms with van der Waals surface area (Å²) in [5, 5.41) is 5.16. The smallest absolute Gasteiger partial charge is 0.284 e. The highest BCUT2D eigenvalue weighted by molar-refractivity contribution is 8.00. The lowest BCUT2D eigenvalue weighted by Crippen LogP contribution is -2.45. The lowest BCUT2D eigenvalue weighted by Gasteiger charge is -2.36. The number of para-hydroxylation sites is 1. The zero-order chi connectivity index (χ0) is 23.8. The Labute approximate surface area is 204 Å². The van der Waals surface area contributed by atoms with Gasteiger partial charge in [0.2, 0.25) is 5.91 Å². The average molecular weight is 480 g/mol. The van der Waals surface area contributed by atoms with Gasteiger partial charge in [-0.15, -0.1) is 5.10 Å². The number of amides is 1. The quantitative estimate of drug-likeness (QED) is 0.413. The van der Waals surface area contributed by atoms with Crippen LogP contribution in [0.15, 0.2) is 40.3 Å². The first-order valence-electron chi connectivity index (χ1n) is 12.5. The summed E-state index contributed by atoms with van der Waals surface area (Å²) in [4.78, 5) is 33.6. The summed E-state index contributed by atoms with van der Waals surface area (Å²) in [6, 6.07) is 9.50. The van der Waals surface area contributed by atoms with Crippen molar-refractivity contribution < 1.29 is 4.79 Å². The molecule has 1 amide bonds. The van der Waals surface area contributed by atoms with Crippen LogP contribution in [0.5, 0.6) is 0 Å². The molecular formula is C26H33N5O2S. The standard InChI is InChI=1S/C26H33N5O2S/c1-17-14-18(2)16-29(15-17)24(32)19(3)34-26-27-23-22(21-12-8-5-9-13-30(21)26)25(33)31(28-23)20-10-6-4-7-11-20/h4,6-7,10-11,17-19H,5,8-9,12-16H2,1-3H3. The molecule has 3 unspecified atom stereocenters. The minimum atomic E-state index is -0.245. The van der Waals surface area contributed by atoms with Gasteiger partial charge >= 0.3 is 0 Å². The Morgan fingerprint density at radius 1 is 1.09 bits per heavy atom. The van der Waals surface area contributed by atoms with E-state index in [4.69, 9.17) is 4.98 Å². The molecule has 1 fully saturated rings. The molecule has 5 rings (SSSR count). The second-order valence-corrected chi connectivity index (χ2v) is 11.3. The molecule has 1 aromatic carbocycles. The van der Waals surface area contributed by atoms with Gasteiger partial charge in [0, 0.05) is 25.3 Å². The fraction of sp³-hybridized carbons (Fsp3) is 0.538. The second kappa shape index (κ2) is 9.56. The van der Waals surface area contributed by atoms with Gasteiger partial charge in [-0.25, -0.2) is 4.98 Å². The van der Waals surface area contributed by atoms with Gasteiger partial charge in [0.1, 0.15) is 5.56 Å². The Morgan fingerprint density at radius 2 is 1.82 bits per heavy atom. The Hall–Kier alpha value is -2.61. The van der Waals surface area contributed by atoms with Crippen molar-refractivity contribution in [2.75, 3.05) is 13.1 Å². The fourth-order valence-corrected chi connectivity index (χ4v) is 6.53. The predicted molar refractivity (Wildman–Crippen MR) is 135 cm³/mol. The van der Waals surface area contributed by atoms with Gasteiger partial charge in [-0.05, 0) is 56.6 Å². The largest absolute Gasteiger partial charge is 0.341 e. The minimum Gasteiger partial charge on any atom is -0.341 e. The van der Waals surface area contributed by atoms with E-state index >= 15 is 0 Å². The van der Waals surface area contributed by atoms with E-state index in [9.17, 15) is 9.59 Å². The summed E-state index contributed by atoms with van der Waals surface area (Å²) in [7, 11) is 0. The lowest BCUT2D eigenvalue weighted by molar-refractivity contribution is -0.132. The molecule has 3 atom stereocenters. The fourth-order valence-electron chi connectivity index (χ4n) is 5.50. The summed E-state index contributed by atoms with van der Waals surface area (Å²) < 4.78 is 3.65. The average Bonchev–Trinajstić information content (AvgIpc) is 2.98. The third-order valence-corrected chi connectivity index (χ3v) is 8.06. The van der Waals surface area contributed by atoms with Crippen molar-refractivity contribution in [3.8, 4) is 17.1 Å². The molecule has 7 nitrogen and oxygen atoms in total. The molecule has 0 bridgehead atoms. The van der Waals surface area contributed by atoms with Crippen LogP contribution in [-0.4, -0.2) is 48.5 Å². The van der Waals surface area contributed by atoms with Crippen LogP contribution in [0.3, 0.4) is 0 Å². The summed E-state index contributed by atoms with van der Waals surface area (Å²) in [5.41, 5.74) is 2.25. The molecular weight excluding hydrogens is 446 g/mol. The van der Waals surface area contributed by atoms with E-state index < -0.39 is 0 Å². The van der Waals surface area contributed by atoms with Gasteiger partial charge in [-0.2, -0.15) is 4.68 Å². The van der Waals surface area contributed by atoms with Crippen LogP contribution in [0.4, 0.5) is 0 Å². The van der Waals surface area contributed by atoms with Crippen molar-refractivity contribution >= 4 is 17.7 Å². The van der Waals surface area contributed by atoms with Gasteiger partial charge in [0.05, 0.1) is 10.9 Å². The number of piperidine rings is 1. The molecule has 0 saturated carbocycles. The molecule has 34 heavy (non-hydrogen) atoms. The number of fused-ring (bicyclic) bond motifs is 3. The maximum atomic E-state index is 13.4. The summed E-state index contributed by atoms with van der Waals surface area (Å²) in [5.74, 6) is 1.71. The highest BCUT2D eigenvalue weighted by atomic mass is 32.2. The van der Waals surface area contributed by atoms with Crippen LogP contribution in [0.2, 0.25) is 0 Å². The van der Waals surface area contributed by atoms with Gasteiger partial charge in [-0.3, -0.25) is 9.59 Å². The van der Waals surface area contributed by atoms with Crippen LogP contribution in [0, 0.1) is 11.8 Å². The number of rotatable bonds is 4. The lowest BCUT2D eigenvalue weighted by atomic mass is 9.92. The predicted octanol–water partition coefficient (Wildman–Crippen LogP) is 4.25. The topological polar surface area (TPSA) is 73.0 Å². The third kappa shape index (κ3) is 4.40. The van der Waals surface area contributed by atoms with Crippen LogP contribution in [-0.2, 0) is 17.8 Å². The molecule has 0 N–H and O–H groups in total. The molecule has 0 aliphatic carbocycles. The number of likely N-dealkylation sites (tertiary alicyclic amines) is 1. The number of thioether (sulfide) groups is 1. The molecule has 0 radical (unpaired) electrons. The van der Waals surface area contributed by atoms with Crippen LogP contribution >= 0.6 is 11.8 Å². The highest BCUT2D eigenvalue weighted by Crippen LogP contribution is 2.33. The van der Waals surface area contributed by atoms with Crippen molar-refractivity contribution in [1.82, 2.24) is 24.2 Å². The normalized spacial score (nSPS) is 21.8. The first-order chi connectivity index (χ1) is 16.4. The maximum absolute atomic E-state index is 13.4. The van der Waals surface area contributed by atoms with Crippen molar-refractivity contribution in [2.45, 2.75) is 69.8 Å². The molecule has 1 aromatic rings. The summed E-state index contributed by atoms with van der Waals surface area (Å²) >= 11 is 1.51. The molecule has 0 aromatic heterocycles. The van der Waals surface area contributed by atoms with E-state index in [-0.39, 0.29) is 16.7 Å². The van der Waals surface area contributed by atoms with E-state index in [2.05, 4.69) is 23.5 Å². The van der Waals surface area contributed by atoms with Crippen molar-refractivity contribution in [3.63, 3.8) is 0 Å². The number of carbonyl (C=O) groups excluding carboxylic acids is 1. The number of benzene rings is 1. The first-order valence-corrected chi connectivity index (χ1v) is 13.3. The Bertz CT molecular complexity index is 1190. The zero-order valence-electron chi connectivity index (χ0n) is 20.2. The molecule has 4 heterocycles. The van der Waals surface area contributed by atoms with E-state index in [0.717, 1.165) is 61.9 Å². The van der Waals surface area contributed by atoms with Gasteiger partial charge < -0.3 is 9.47 Å². The summed E-state index contributed by atoms with van der Waals surface area (Å²) in [6.45, 7) is 8.90. The van der Waals surface area contributed by atoms with Crippen molar-refractivity contribution in [3.05, 3.63) is 46.4 Å². The third-order valence-electron chi connectivity index (χ3n) is 6.98. The Kier molecular flexibility index (Phi) is 6.51. The SMILES string of the molecule is CC1CC(C)CN(C(=O)C(C)Sc2nc3nn(-c4ccccc4)c(=O)c-3c3n2CCCCC3)C1. The van der Waals surface area contributed by atoms with E-state index in [1.165, 1.54) is 22.9 Å². The first kappa shape index (κ1) is 23.1. The zero-order valence-corrected chi connectivity index (χ0v) is 21.1. The van der Waals surface area contributed by atoms with Crippen LogP contribution < -0.4 is 5.56 Å². The van der Waals surface area contributed by atoms with Crippen LogP contribution in [0.1, 0.15) is 52.1 Å². The number of hydrogen-bond donors (Lipinski definition) is 0. The molecule has 8 heteroatoms. The van der Waals surface area contributed by atoms with E-state index in [1.807, 2.05) is 42.2 Å². The second-order valence-electron chi connectivity index (χ2n) is 10.0. The van der Waals surface area contributed by atoms with Crippen molar-refractivity contribution in [2.24, 2.45) is 11.8 Å². The monoisotopic (exact) mass is 479 g/mol. The van der Waals surface area contributed by atoms with E-state index in [1.54, 1.807) is 0 Å². The van der Waals surface area contributed by atoms with E-state index in [0.29, 0.717) is 23.2 Å². The van der Waals surface area contributed by atoms with Gasteiger partial charge in [0.15, 0.2) is 11.0 Å². The number of hydrogen-bond acceptors (Lipinski definition) is 5. The molecule has 4 aliphatic rings. The minimum absolute atomic E-state index is 0.115. The highest BCUT2D eigenvalue weighted by Gasteiger charge is 2.32. The Morgan fingerprint density at radius 3 is 2.56 bits per heavy atom. The molecule has 4 aliphatic heterocycles. The van der Waals surface area contributed by atoms with Gasteiger partial charge in [-0.1, -0.05) is 50.2 Å². The molecule has 180 valence electrons. The maximum Gasteiger partial charge on any atom is 0.284 e. The Balaban J connectivity index is 1.52.